The van der Waals surface area contributed by atoms with Crippen molar-refractivity contribution in [1.29, 1.82) is 0 Å². The number of hydrogen-bond donors (Lipinski definition) is 3. The topological polar surface area (TPSA) is 139 Å². The van der Waals surface area contributed by atoms with Crippen LogP contribution in [0.2, 0.25) is 0 Å². The zero-order chi connectivity index (χ0) is 25.3. The monoisotopic (exact) mass is 476 g/mol. The summed E-state index contributed by atoms with van der Waals surface area (Å²) in [7, 11) is 0. The number of benzene rings is 3. The number of carboxylic acids is 1. The van der Waals surface area contributed by atoms with E-state index in [-0.39, 0.29) is 47.1 Å². The van der Waals surface area contributed by atoms with Gasteiger partial charge >= 0.3 is 12.1 Å². The fourth-order valence-corrected chi connectivity index (χ4v) is 4.58. The zero-order valence-corrected chi connectivity index (χ0v) is 19.1. The van der Waals surface area contributed by atoms with Crippen molar-refractivity contribution in [3.63, 3.8) is 0 Å². The van der Waals surface area contributed by atoms with Crippen molar-refractivity contribution in [3.8, 4) is 16.9 Å². The largest absolute Gasteiger partial charge is 0.507 e. The van der Waals surface area contributed by atoms with E-state index in [1.807, 2.05) is 48.5 Å². The molecule has 0 radical (unpaired) electrons. The van der Waals surface area contributed by atoms with Gasteiger partial charge in [-0.2, -0.15) is 0 Å². The second-order valence-corrected chi connectivity index (χ2v) is 8.49. The lowest BCUT2D eigenvalue weighted by atomic mass is 9.96. The van der Waals surface area contributed by atoms with Crippen LogP contribution >= 0.6 is 0 Å². The number of aliphatic carboxylic acids is 1. The van der Waals surface area contributed by atoms with E-state index in [0.29, 0.717) is 0 Å². The van der Waals surface area contributed by atoms with E-state index < -0.39 is 23.0 Å². The van der Waals surface area contributed by atoms with Gasteiger partial charge in [0.25, 0.3) is 5.69 Å². The summed E-state index contributed by atoms with van der Waals surface area (Å²) in [6.45, 7) is 2.92. The summed E-state index contributed by atoms with van der Waals surface area (Å²) in [4.78, 5) is 35.2. The van der Waals surface area contributed by atoms with Gasteiger partial charge in [-0.15, -0.1) is 0 Å². The molecule has 0 saturated carbocycles. The molecule has 180 valence electrons. The normalized spacial score (nSPS) is 13.0. The molecule has 3 N–H and O–H groups in total. The SMILES string of the molecule is Cc1cc([N+](=O)[O-])c(C)c(CC(NC(=O)OCC2c3ccccc3-c3ccccc32)C(=O)O)c1O. The number of ether oxygens (including phenoxy) is 1. The Morgan fingerprint density at radius 2 is 1.66 bits per heavy atom. The van der Waals surface area contributed by atoms with Crippen molar-refractivity contribution in [2.24, 2.45) is 0 Å². The molecule has 0 spiro atoms. The van der Waals surface area contributed by atoms with Crippen molar-refractivity contribution in [1.82, 2.24) is 5.32 Å². The number of carbonyl (C=O) groups is 2. The molecule has 1 atom stereocenters. The number of amides is 1. The second-order valence-electron chi connectivity index (χ2n) is 8.49. The molecule has 1 unspecified atom stereocenters. The standard InChI is InChI=1S/C26H24N2O7/c1-14-11-23(28(33)34)15(2)20(24(14)29)12-22(25(30)31)27-26(32)35-13-21-18-9-5-3-7-16(18)17-8-4-6-10-19(17)21/h3-11,21-22,29H,12-13H2,1-2H3,(H,27,32)(H,30,31). The molecule has 0 saturated heterocycles. The van der Waals surface area contributed by atoms with Gasteiger partial charge in [0.2, 0.25) is 0 Å². The van der Waals surface area contributed by atoms with Crippen molar-refractivity contribution >= 4 is 17.7 Å². The molecular weight excluding hydrogens is 452 g/mol. The van der Waals surface area contributed by atoms with Gasteiger partial charge in [0.05, 0.1) is 4.92 Å². The maximum absolute atomic E-state index is 12.6. The van der Waals surface area contributed by atoms with Gasteiger partial charge in [-0.1, -0.05) is 48.5 Å². The van der Waals surface area contributed by atoms with Crippen LogP contribution < -0.4 is 5.32 Å². The number of carboxylic acid groups (broad SMARTS) is 1. The minimum absolute atomic E-state index is 0.00634. The zero-order valence-electron chi connectivity index (χ0n) is 19.1. The second kappa shape index (κ2) is 9.46. The fourth-order valence-electron chi connectivity index (χ4n) is 4.58. The molecule has 1 aliphatic carbocycles. The molecule has 0 aliphatic heterocycles. The number of aromatic hydroxyl groups is 1. The van der Waals surface area contributed by atoms with Crippen molar-refractivity contribution in [2.45, 2.75) is 32.2 Å². The van der Waals surface area contributed by atoms with Crippen LogP contribution in [0.5, 0.6) is 5.75 Å². The maximum atomic E-state index is 12.6. The van der Waals surface area contributed by atoms with Gasteiger partial charge in [-0.05, 0) is 41.7 Å². The summed E-state index contributed by atoms with van der Waals surface area (Å²) in [5, 5.41) is 33.7. The van der Waals surface area contributed by atoms with Crippen molar-refractivity contribution in [2.75, 3.05) is 6.61 Å². The first-order valence-electron chi connectivity index (χ1n) is 11.0. The molecule has 0 fully saturated rings. The lowest BCUT2D eigenvalue weighted by Crippen LogP contribution is -2.43. The number of rotatable bonds is 7. The molecular formula is C26H24N2O7. The first kappa shape index (κ1) is 23.7. The van der Waals surface area contributed by atoms with Gasteiger partial charge in [-0.3, -0.25) is 10.1 Å². The highest BCUT2D eigenvalue weighted by Crippen LogP contribution is 2.44. The highest BCUT2D eigenvalue weighted by Gasteiger charge is 2.31. The number of hydrogen-bond acceptors (Lipinski definition) is 6. The van der Waals surface area contributed by atoms with E-state index in [1.165, 1.54) is 19.9 Å². The minimum Gasteiger partial charge on any atom is -0.507 e. The Morgan fingerprint density at radius 3 is 2.20 bits per heavy atom. The summed E-state index contributed by atoms with van der Waals surface area (Å²) in [6, 6.07) is 15.4. The van der Waals surface area contributed by atoms with E-state index in [2.05, 4.69) is 5.32 Å². The van der Waals surface area contributed by atoms with Crippen LogP contribution in [0.1, 0.15) is 33.7 Å². The molecule has 3 aromatic rings. The number of aryl methyl sites for hydroxylation is 1. The lowest BCUT2D eigenvalue weighted by Gasteiger charge is -2.19. The van der Waals surface area contributed by atoms with E-state index in [4.69, 9.17) is 4.74 Å². The van der Waals surface area contributed by atoms with Gasteiger partial charge in [0.15, 0.2) is 0 Å². The number of alkyl carbamates (subject to hydrolysis) is 1. The highest BCUT2D eigenvalue weighted by atomic mass is 16.6. The first-order valence-corrected chi connectivity index (χ1v) is 11.0. The predicted octanol–water partition coefficient (Wildman–Crippen LogP) is 4.45. The quantitative estimate of drug-likeness (QED) is 0.338. The third-order valence-corrected chi connectivity index (χ3v) is 6.39. The summed E-state index contributed by atoms with van der Waals surface area (Å²) >= 11 is 0. The molecule has 9 heteroatoms. The molecule has 9 nitrogen and oxygen atoms in total. The predicted molar refractivity (Wildman–Crippen MR) is 128 cm³/mol. The number of carbonyl (C=O) groups excluding carboxylic acids is 1. The van der Waals surface area contributed by atoms with Crippen LogP contribution in [0.3, 0.4) is 0 Å². The number of nitrogens with zero attached hydrogens (tertiary/aromatic N) is 1. The molecule has 0 heterocycles. The molecule has 0 bridgehead atoms. The Balaban J connectivity index is 1.50. The van der Waals surface area contributed by atoms with E-state index in [0.717, 1.165) is 22.3 Å². The van der Waals surface area contributed by atoms with Crippen LogP contribution in [0.25, 0.3) is 11.1 Å². The molecule has 0 aromatic heterocycles. The van der Waals surface area contributed by atoms with Crippen molar-refractivity contribution in [3.05, 3.63) is 92.5 Å². The highest BCUT2D eigenvalue weighted by molar-refractivity contribution is 5.81. The summed E-state index contributed by atoms with van der Waals surface area (Å²) in [5.41, 5.74) is 4.39. The minimum atomic E-state index is -1.46. The van der Waals surface area contributed by atoms with Gasteiger partial charge in [0, 0.05) is 29.5 Å². The molecule has 3 aromatic carbocycles. The van der Waals surface area contributed by atoms with Crippen LogP contribution in [0, 0.1) is 24.0 Å². The van der Waals surface area contributed by atoms with E-state index in [9.17, 15) is 29.9 Å². The van der Waals surface area contributed by atoms with Crippen LogP contribution in [0.15, 0.2) is 54.6 Å². The third-order valence-electron chi connectivity index (χ3n) is 6.39. The Morgan fingerprint density at radius 1 is 1.09 bits per heavy atom. The smallest absolute Gasteiger partial charge is 0.407 e. The number of nitrogens with one attached hydrogen (secondary N) is 1. The fraction of sp³-hybridized carbons (Fsp3) is 0.231. The Hall–Kier alpha value is -4.40. The van der Waals surface area contributed by atoms with E-state index >= 15 is 0 Å². The van der Waals surface area contributed by atoms with Crippen LogP contribution in [-0.2, 0) is 16.0 Å². The molecule has 1 aliphatic rings. The average molecular weight is 476 g/mol. The van der Waals surface area contributed by atoms with Gasteiger partial charge in [0.1, 0.15) is 18.4 Å². The summed E-state index contributed by atoms with van der Waals surface area (Å²) in [5.74, 6) is -1.79. The van der Waals surface area contributed by atoms with Crippen LogP contribution in [-0.4, -0.2) is 39.8 Å². The van der Waals surface area contributed by atoms with Crippen molar-refractivity contribution < 1.29 is 29.5 Å². The van der Waals surface area contributed by atoms with Gasteiger partial charge in [-0.25, -0.2) is 9.59 Å². The molecule has 35 heavy (non-hydrogen) atoms. The Labute approximate surface area is 201 Å². The number of nitro benzene ring substituents is 1. The van der Waals surface area contributed by atoms with Gasteiger partial charge < -0.3 is 20.3 Å². The molecule has 4 rings (SSSR count). The number of nitro groups is 1. The average Bonchev–Trinajstić information content (AvgIpc) is 3.15. The third kappa shape index (κ3) is 4.52. The number of fused-ring (bicyclic) bond motifs is 3. The van der Waals surface area contributed by atoms with E-state index in [1.54, 1.807) is 0 Å². The number of phenolic OH excluding ortho intramolecular Hbond substituents is 1. The summed E-state index contributed by atoms with van der Waals surface area (Å²) in [6.07, 6.45) is -1.28. The Bertz CT molecular complexity index is 1290. The lowest BCUT2D eigenvalue weighted by molar-refractivity contribution is -0.385. The number of phenols is 1. The molecule has 1 amide bonds. The maximum Gasteiger partial charge on any atom is 0.407 e. The summed E-state index contributed by atoms with van der Waals surface area (Å²) < 4.78 is 5.42. The Kier molecular flexibility index (Phi) is 6.42. The van der Waals surface area contributed by atoms with Crippen LogP contribution in [0.4, 0.5) is 10.5 Å². The first-order chi connectivity index (χ1) is 16.7.